The third-order valence-corrected chi connectivity index (χ3v) is 3.23. The van der Waals surface area contributed by atoms with Crippen molar-refractivity contribution < 1.29 is 19.5 Å². The van der Waals surface area contributed by atoms with Crippen molar-refractivity contribution in [2.45, 2.75) is 46.0 Å². The van der Waals surface area contributed by atoms with Gasteiger partial charge in [0.25, 0.3) is 0 Å². The van der Waals surface area contributed by atoms with Crippen LogP contribution < -0.4 is 11.1 Å². The topological polar surface area (TPSA) is 109 Å². The van der Waals surface area contributed by atoms with Crippen molar-refractivity contribution in [1.82, 2.24) is 5.32 Å². The molecular weight excluding hydrogens is 236 g/mol. The molecule has 0 bridgehead atoms. The average molecular weight is 258 g/mol. The van der Waals surface area contributed by atoms with E-state index in [1.54, 1.807) is 13.8 Å². The molecular formula is C12H22N2O4. The Morgan fingerprint density at radius 1 is 1.22 bits per heavy atom. The predicted molar refractivity (Wildman–Crippen MR) is 66.7 cm³/mol. The third kappa shape index (κ3) is 5.16. The maximum absolute atomic E-state index is 11.6. The molecule has 0 heterocycles. The van der Waals surface area contributed by atoms with Crippen LogP contribution in [0.3, 0.4) is 0 Å². The monoisotopic (exact) mass is 258 g/mol. The standard InChI is InChI=1S/C12H22N2O4/c1-3-12(4-2,11(17)18)8-10(16)14-7-5-6-9(13)15/h3-8H2,1-2H3,(H2,13,15)(H,14,16)(H,17,18). The summed E-state index contributed by atoms with van der Waals surface area (Å²) in [5, 5.41) is 11.8. The number of hydrogen-bond donors (Lipinski definition) is 3. The van der Waals surface area contributed by atoms with Crippen LogP contribution in [0.2, 0.25) is 0 Å². The molecule has 2 amide bonds. The SMILES string of the molecule is CCC(CC)(CC(=O)NCCCC(N)=O)C(=O)O. The van der Waals surface area contributed by atoms with E-state index in [4.69, 9.17) is 5.73 Å². The number of nitrogens with two attached hydrogens (primary N) is 1. The van der Waals surface area contributed by atoms with Crippen molar-refractivity contribution >= 4 is 17.8 Å². The molecule has 6 nitrogen and oxygen atoms in total. The molecule has 0 rings (SSSR count). The zero-order valence-corrected chi connectivity index (χ0v) is 11.0. The van der Waals surface area contributed by atoms with Crippen molar-refractivity contribution in [3.63, 3.8) is 0 Å². The lowest BCUT2D eigenvalue weighted by molar-refractivity contribution is -0.152. The minimum absolute atomic E-state index is 0.0358. The fraction of sp³-hybridized carbons (Fsp3) is 0.750. The Bertz CT molecular complexity index is 311. The maximum Gasteiger partial charge on any atom is 0.310 e. The molecule has 18 heavy (non-hydrogen) atoms. The molecule has 0 atom stereocenters. The zero-order valence-electron chi connectivity index (χ0n) is 11.0. The molecule has 0 fully saturated rings. The largest absolute Gasteiger partial charge is 0.481 e. The zero-order chi connectivity index (χ0) is 14.2. The smallest absolute Gasteiger partial charge is 0.310 e. The highest BCUT2D eigenvalue weighted by Gasteiger charge is 2.36. The number of carboxylic acid groups (broad SMARTS) is 1. The van der Waals surface area contributed by atoms with Crippen molar-refractivity contribution in [3.8, 4) is 0 Å². The highest BCUT2D eigenvalue weighted by molar-refractivity contribution is 5.84. The summed E-state index contributed by atoms with van der Waals surface area (Å²) >= 11 is 0. The minimum atomic E-state index is -0.992. The Labute approximate surface area is 107 Å². The first-order chi connectivity index (χ1) is 8.38. The van der Waals surface area contributed by atoms with Crippen LogP contribution in [-0.2, 0) is 14.4 Å². The van der Waals surface area contributed by atoms with Gasteiger partial charge in [-0.3, -0.25) is 14.4 Å². The molecule has 0 aromatic rings. The van der Waals surface area contributed by atoms with Crippen LogP contribution in [0.25, 0.3) is 0 Å². The predicted octanol–water partition coefficient (Wildman–Crippen LogP) is 0.649. The fourth-order valence-corrected chi connectivity index (χ4v) is 1.74. The van der Waals surface area contributed by atoms with Crippen molar-refractivity contribution in [2.24, 2.45) is 11.1 Å². The van der Waals surface area contributed by atoms with E-state index in [-0.39, 0.29) is 18.7 Å². The van der Waals surface area contributed by atoms with Crippen LogP contribution >= 0.6 is 0 Å². The molecule has 0 saturated carbocycles. The lowest BCUT2D eigenvalue weighted by atomic mass is 9.79. The quantitative estimate of drug-likeness (QED) is 0.527. The number of amides is 2. The number of carboxylic acids is 1. The number of primary amides is 1. The van der Waals surface area contributed by atoms with Gasteiger partial charge in [0, 0.05) is 19.4 Å². The van der Waals surface area contributed by atoms with Gasteiger partial charge in [-0.2, -0.15) is 0 Å². The number of aliphatic carboxylic acids is 1. The first-order valence-electron chi connectivity index (χ1n) is 6.16. The normalized spacial score (nSPS) is 11.0. The summed E-state index contributed by atoms with van der Waals surface area (Å²) in [4.78, 5) is 33.3. The fourth-order valence-electron chi connectivity index (χ4n) is 1.74. The van der Waals surface area contributed by atoms with Gasteiger partial charge in [0.15, 0.2) is 0 Å². The van der Waals surface area contributed by atoms with Crippen molar-refractivity contribution in [1.29, 1.82) is 0 Å². The van der Waals surface area contributed by atoms with E-state index < -0.39 is 17.3 Å². The molecule has 6 heteroatoms. The Kier molecular flexibility index (Phi) is 7.00. The van der Waals surface area contributed by atoms with E-state index in [0.717, 1.165) is 0 Å². The molecule has 0 aliphatic heterocycles. The summed E-state index contributed by atoms with van der Waals surface area (Å²) in [6.45, 7) is 3.86. The lowest BCUT2D eigenvalue weighted by Gasteiger charge is -2.25. The number of nitrogens with one attached hydrogen (secondary N) is 1. The van der Waals surface area contributed by atoms with Gasteiger partial charge >= 0.3 is 5.97 Å². The maximum atomic E-state index is 11.6. The van der Waals surface area contributed by atoms with Gasteiger partial charge in [-0.05, 0) is 19.3 Å². The first-order valence-corrected chi connectivity index (χ1v) is 6.16. The van der Waals surface area contributed by atoms with Gasteiger partial charge in [-0.25, -0.2) is 0 Å². The number of hydrogen-bond acceptors (Lipinski definition) is 3. The highest BCUT2D eigenvalue weighted by Crippen LogP contribution is 2.30. The van der Waals surface area contributed by atoms with E-state index >= 15 is 0 Å². The lowest BCUT2D eigenvalue weighted by Crippen LogP contribution is -2.37. The molecule has 104 valence electrons. The van der Waals surface area contributed by atoms with Gasteiger partial charge in [-0.15, -0.1) is 0 Å². The summed E-state index contributed by atoms with van der Waals surface area (Å²) in [6.07, 6.45) is 1.47. The summed E-state index contributed by atoms with van der Waals surface area (Å²) in [5.41, 5.74) is 3.97. The molecule has 0 aromatic heterocycles. The molecule has 0 aliphatic carbocycles. The van der Waals surface area contributed by atoms with Crippen LogP contribution in [0, 0.1) is 5.41 Å². The van der Waals surface area contributed by atoms with Crippen molar-refractivity contribution in [3.05, 3.63) is 0 Å². The van der Waals surface area contributed by atoms with Crippen molar-refractivity contribution in [2.75, 3.05) is 6.54 Å². The van der Waals surface area contributed by atoms with Gasteiger partial charge < -0.3 is 16.2 Å². The van der Waals surface area contributed by atoms with Crippen LogP contribution in [0.5, 0.6) is 0 Å². The molecule has 4 N–H and O–H groups in total. The Morgan fingerprint density at radius 3 is 2.17 bits per heavy atom. The molecule has 0 unspecified atom stereocenters. The Hall–Kier alpha value is -1.59. The van der Waals surface area contributed by atoms with E-state index in [9.17, 15) is 19.5 Å². The molecule has 0 saturated heterocycles. The second kappa shape index (κ2) is 7.68. The summed E-state index contributed by atoms with van der Waals surface area (Å²) < 4.78 is 0. The van der Waals surface area contributed by atoms with Gasteiger partial charge in [0.1, 0.15) is 0 Å². The van der Waals surface area contributed by atoms with Crippen LogP contribution in [0.15, 0.2) is 0 Å². The molecule has 0 aromatic carbocycles. The van der Waals surface area contributed by atoms with Gasteiger partial charge in [0.05, 0.1) is 5.41 Å². The number of rotatable bonds is 9. The van der Waals surface area contributed by atoms with E-state index in [0.29, 0.717) is 25.8 Å². The first kappa shape index (κ1) is 16.4. The third-order valence-electron chi connectivity index (χ3n) is 3.23. The van der Waals surface area contributed by atoms with Gasteiger partial charge in [0.2, 0.25) is 11.8 Å². The van der Waals surface area contributed by atoms with E-state index in [2.05, 4.69) is 5.32 Å². The van der Waals surface area contributed by atoms with Crippen LogP contribution in [0.4, 0.5) is 0 Å². The second-order valence-electron chi connectivity index (χ2n) is 4.39. The second-order valence-corrected chi connectivity index (χ2v) is 4.39. The Balaban J connectivity index is 4.19. The van der Waals surface area contributed by atoms with Crippen LogP contribution in [0.1, 0.15) is 46.0 Å². The summed E-state index contributed by atoms with van der Waals surface area (Å²) in [5.74, 6) is -1.66. The van der Waals surface area contributed by atoms with Crippen LogP contribution in [-0.4, -0.2) is 29.4 Å². The average Bonchev–Trinajstić information content (AvgIpc) is 2.31. The van der Waals surface area contributed by atoms with E-state index in [1.807, 2.05) is 0 Å². The number of carbonyl (C=O) groups excluding carboxylic acids is 2. The molecule has 0 spiro atoms. The minimum Gasteiger partial charge on any atom is -0.481 e. The summed E-state index contributed by atoms with van der Waals surface area (Å²) in [7, 11) is 0. The highest BCUT2D eigenvalue weighted by atomic mass is 16.4. The Morgan fingerprint density at radius 2 is 1.78 bits per heavy atom. The van der Waals surface area contributed by atoms with Gasteiger partial charge in [-0.1, -0.05) is 13.8 Å². The number of carbonyl (C=O) groups is 3. The summed E-state index contributed by atoms with van der Waals surface area (Å²) in [6, 6.07) is 0. The molecule has 0 radical (unpaired) electrons. The van der Waals surface area contributed by atoms with E-state index in [1.165, 1.54) is 0 Å². The molecule has 0 aliphatic rings.